The molecule has 1 aromatic carbocycles. The van der Waals surface area contributed by atoms with E-state index in [0.29, 0.717) is 18.5 Å². The highest BCUT2D eigenvalue weighted by Crippen LogP contribution is 2.31. The first-order valence-corrected chi connectivity index (χ1v) is 7.94. The number of aliphatic hydroxyl groups is 1. The van der Waals surface area contributed by atoms with Gasteiger partial charge < -0.3 is 15.7 Å². The molecule has 0 spiro atoms. The van der Waals surface area contributed by atoms with E-state index in [1.165, 1.54) is 12.1 Å². The third-order valence-corrected chi connectivity index (χ3v) is 4.33. The summed E-state index contributed by atoms with van der Waals surface area (Å²) in [7, 11) is 0. The minimum atomic E-state index is -4.39. The average molecular weight is 344 g/mol. The van der Waals surface area contributed by atoms with Gasteiger partial charge in [0.25, 0.3) is 0 Å². The molecule has 0 radical (unpaired) electrons. The molecule has 7 heteroatoms. The van der Waals surface area contributed by atoms with Crippen molar-refractivity contribution in [1.29, 1.82) is 0 Å². The van der Waals surface area contributed by atoms with Crippen molar-refractivity contribution in [3.8, 4) is 0 Å². The molecule has 0 aromatic heterocycles. The van der Waals surface area contributed by atoms with Crippen LogP contribution in [-0.4, -0.2) is 29.7 Å². The predicted octanol–water partition coefficient (Wildman–Crippen LogP) is 2.56. The summed E-state index contributed by atoms with van der Waals surface area (Å²) >= 11 is 0. The lowest BCUT2D eigenvalue weighted by atomic mass is 9.89. The standard InChI is InChI=1S/C17H23F3N2O2/c1-15(2,12-4-6-13(7-5-12)17(18,19)20)22-14(23)10-16(24)8-3-9-21-11-16/h4-7,21,24H,3,8-11H2,1-2H3,(H,22,23). The number of benzene rings is 1. The van der Waals surface area contributed by atoms with Crippen LogP contribution in [-0.2, 0) is 16.5 Å². The normalized spacial score (nSPS) is 22.2. The van der Waals surface area contributed by atoms with E-state index in [9.17, 15) is 23.1 Å². The van der Waals surface area contributed by atoms with Gasteiger partial charge in [0, 0.05) is 6.54 Å². The first kappa shape index (κ1) is 18.7. The highest BCUT2D eigenvalue weighted by Gasteiger charge is 2.34. The maximum absolute atomic E-state index is 12.6. The van der Waals surface area contributed by atoms with Crippen LogP contribution in [0.2, 0.25) is 0 Å². The molecule has 1 aromatic rings. The van der Waals surface area contributed by atoms with Gasteiger partial charge in [0.05, 0.1) is 23.1 Å². The number of amides is 1. The Kier molecular flexibility index (Phi) is 5.25. The number of halogens is 3. The topological polar surface area (TPSA) is 61.4 Å². The van der Waals surface area contributed by atoms with Crippen LogP contribution < -0.4 is 10.6 Å². The second-order valence-corrected chi connectivity index (χ2v) is 6.93. The van der Waals surface area contributed by atoms with Gasteiger partial charge in [0.1, 0.15) is 0 Å². The first-order chi connectivity index (χ1) is 11.0. The lowest BCUT2D eigenvalue weighted by molar-refractivity contribution is -0.137. The molecular formula is C17H23F3N2O2. The Balaban J connectivity index is 2.03. The number of rotatable bonds is 4. The fourth-order valence-electron chi connectivity index (χ4n) is 2.94. The Morgan fingerprint density at radius 3 is 2.33 bits per heavy atom. The van der Waals surface area contributed by atoms with Crippen molar-refractivity contribution in [3.63, 3.8) is 0 Å². The predicted molar refractivity (Wildman–Crippen MR) is 84.3 cm³/mol. The van der Waals surface area contributed by atoms with Crippen molar-refractivity contribution >= 4 is 5.91 Å². The van der Waals surface area contributed by atoms with E-state index in [4.69, 9.17) is 0 Å². The number of hydrogen-bond donors (Lipinski definition) is 3. The number of piperidine rings is 1. The van der Waals surface area contributed by atoms with Crippen molar-refractivity contribution in [1.82, 2.24) is 10.6 Å². The monoisotopic (exact) mass is 344 g/mol. The van der Waals surface area contributed by atoms with E-state index >= 15 is 0 Å². The third-order valence-electron chi connectivity index (χ3n) is 4.33. The minimum absolute atomic E-state index is 0.0376. The van der Waals surface area contributed by atoms with E-state index in [1.807, 2.05) is 0 Å². The molecule has 2 rings (SSSR count). The lowest BCUT2D eigenvalue weighted by Gasteiger charge is -2.34. The summed E-state index contributed by atoms with van der Waals surface area (Å²) in [6, 6.07) is 4.73. The van der Waals surface area contributed by atoms with Gasteiger partial charge in [0.2, 0.25) is 5.91 Å². The summed E-state index contributed by atoms with van der Waals surface area (Å²) in [6.45, 7) is 4.62. The van der Waals surface area contributed by atoms with Gasteiger partial charge in [-0.25, -0.2) is 0 Å². The molecule has 1 amide bonds. The quantitative estimate of drug-likeness (QED) is 0.787. The Bertz CT molecular complexity index is 576. The number of carbonyl (C=O) groups is 1. The number of alkyl halides is 3. The van der Waals surface area contributed by atoms with Crippen LogP contribution in [0.5, 0.6) is 0 Å². The minimum Gasteiger partial charge on any atom is -0.388 e. The molecular weight excluding hydrogens is 321 g/mol. The molecule has 134 valence electrons. The molecule has 4 nitrogen and oxygen atoms in total. The van der Waals surface area contributed by atoms with E-state index in [2.05, 4.69) is 10.6 Å². The molecule has 24 heavy (non-hydrogen) atoms. The van der Waals surface area contributed by atoms with Crippen molar-refractivity contribution in [2.24, 2.45) is 0 Å². The Labute approximate surface area is 139 Å². The lowest BCUT2D eigenvalue weighted by Crippen LogP contribution is -2.50. The Hall–Kier alpha value is -1.60. The molecule has 1 aliphatic rings. The highest BCUT2D eigenvalue weighted by atomic mass is 19.4. The smallest absolute Gasteiger partial charge is 0.388 e. The number of hydrogen-bond acceptors (Lipinski definition) is 3. The second-order valence-electron chi connectivity index (χ2n) is 6.93. The zero-order valence-electron chi connectivity index (χ0n) is 13.8. The van der Waals surface area contributed by atoms with Crippen LogP contribution in [0.25, 0.3) is 0 Å². The fourth-order valence-corrected chi connectivity index (χ4v) is 2.94. The van der Waals surface area contributed by atoms with Crippen LogP contribution in [0.15, 0.2) is 24.3 Å². The van der Waals surface area contributed by atoms with Crippen molar-refractivity contribution in [3.05, 3.63) is 35.4 Å². The zero-order chi connectivity index (χ0) is 18.0. The Morgan fingerprint density at radius 1 is 1.25 bits per heavy atom. The Morgan fingerprint density at radius 2 is 1.83 bits per heavy atom. The van der Waals surface area contributed by atoms with Gasteiger partial charge >= 0.3 is 6.18 Å². The largest absolute Gasteiger partial charge is 0.416 e. The van der Waals surface area contributed by atoms with Crippen molar-refractivity contribution in [2.45, 2.75) is 50.4 Å². The van der Waals surface area contributed by atoms with Crippen LogP contribution in [0.1, 0.15) is 44.2 Å². The molecule has 1 unspecified atom stereocenters. The van der Waals surface area contributed by atoms with Gasteiger partial charge in [-0.3, -0.25) is 4.79 Å². The molecule has 0 aliphatic carbocycles. The SMILES string of the molecule is CC(C)(NC(=O)CC1(O)CCCNC1)c1ccc(C(F)(F)F)cc1. The highest BCUT2D eigenvalue weighted by molar-refractivity contribution is 5.78. The number of carbonyl (C=O) groups excluding carboxylic acids is 1. The maximum Gasteiger partial charge on any atom is 0.416 e. The summed E-state index contributed by atoms with van der Waals surface area (Å²) in [5.74, 6) is -0.328. The fraction of sp³-hybridized carbons (Fsp3) is 0.588. The van der Waals surface area contributed by atoms with Crippen molar-refractivity contribution in [2.75, 3.05) is 13.1 Å². The van der Waals surface area contributed by atoms with E-state index < -0.39 is 22.9 Å². The molecule has 1 atom stereocenters. The molecule has 1 fully saturated rings. The van der Waals surface area contributed by atoms with E-state index in [-0.39, 0.29) is 12.3 Å². The average Bonchev–Trinajstić information content (AvgIpc) is 2.46. The van der Waals surface area contributed by atoms with Crippen LogP contribution in [0.3, 0.4) is 0 Å². The summed E-state index contributed by atoms with van der Waals surface area (Å²) in [6.07, 6.45) is -3.08. The van der Waals surface area contributed by atoms with Gasteiger partial charge in [-0.15, -0.1) is 0 Å². The van der Waals surface area contributed by atoms with Crippen LogP contribution >= 0.6 is 0 Å². The summed E-state index contributed by atoms with van der Waals surface area (Å²) in [4.78, 5) is 12.3. The summed E-state index contributed by atoms with van der Waals surface area (Å²) in [5, 5.41) is 16.2. The molecule has 1 heterocycles. The molecule has 0 saturated carbocycles. The molecule has 3 N–H and O–H groups in total. The van der Waals surface area contributed by atoms with Gasteiger partial charge in [-0.2, -0.15) is 13.2 Å². The van der Waals surface area contributed by atoms with E-state index in [1.54, 1.807) is 13.8 Å². The molecule has 1 saturated heterocycles. The molecule has 0 bridgehead atoms. The van der Waals surface area contributed by atoms with Crippen molar-refractivity contribution < 1.29 is 23.1 Å². The zero-order valence-corrected chi connectivity index (χ0v) is 13.8. The summed E-state index contributed by atoms with van der Waals surface area (Å²) in [5.41, 5.74) is -2.06. The maximum atomic E-state index is 12.6. The number of nitrogens with one attached hydrogen (secondary N) is 2. The van der Waals surface area contributed by atoms with Gasteiger partial charge in [0.15, 0.2) is 0 Å². The van der Waals surface area contributed by atoms with Crippen LogP contribution in [0, 0.1) is 0 Å². The number of β-amino-alcohol motifs (C(OH)–C–C–N with tert-alkyl or cyclic N) is 1. The van der Waals surface area contributed by atoms with Gasteiger partial charge in [-0.05, 0) is 50.9 Å². The first-order valence-electron chi connectivity index (χ1n) is 7.94. The third kappa shape index (κ3) is 4.70. The van der Waals surface area contributed by atoms with Crippen LogP contribution in [0.4, 0.5) is 13.2 Å². The molecule has 1 aliphatic heterocycles. The summed E-state index contributed by atoms with van der Waals surface area (Å²) < 4.78 is 37.9. The second kappa shape index (κ2) is 6.72. The van der Waals surface area contributed by atoms with E-state index in [0.717, 1.165) is 25.1 Å². The van der Waals surface area contributed by atoms with Gasteiger partial charge in [-0.1, -0.05) is 12.1 Å².